The lowest BCUT2D eigenvalue weighted by atomic mass is 10.2. The van der Waals surface area contributed by atoms with Gasteiger partial charge in [-0.05, 0) is 24.6 Å². The molecule has 0 saturated heterocycles. The minimum atomic E-state index is -1.19. The maximum atomic E-state index is 12.6. The molecule has 0 aliphatic rings. The fourth-order valence-electron chi connectivity index (χ4n) is 2.32. The summed E-state index contributed by atoms with van der Waals surface area (Å²) in [5.74, 6) is 0.308. The molecule has 24 heavy (non-hydrogen) atoms. The van der Waals surface area contributed by atoms with Crippen molar-refractivity contribution in [2.45, 2.75) is 30.8 Å². The lowest BCUT2D eigenvalue weighted by Crippen LogP contribution is -2.36. The van der Waals surface area contributed by atoms with Crippen LogP contribution in [0.1, 0.15) is 11.1 Å². The van der Waals surface area contributed by atoms with Crippen molar-refractivity contribution < 1.29 is 18.4 Å². The number of methoxy groups -OCH3 is 2. The predicted molar refractivity (Wildman–Crippen MR) is 95.3 cm³/mol. The largest absolute Gasteiger partial charge is 0.367 e. The molecule has 2 rings (SSSR count). The molecule has 1 unspecified atom stereocenters. The third kappa shape index (κ3) is 5.53. The van der Waals surface area contributed by atoms with Crippen LogP contribution in [0.3, 0.4) is 0 Å². The van der Waals surface area contributed by atoms with E-state index in [1.54, 1.807) is 14.2 Å². The number of hydrogen-bond acceptors (Lipinski definition) is 4. The average Bonchev–Trinajstić information content (AvgIpc) is 2.61. The van der Waals surface area contributed by atoms with Crippen LogP contribution in [0.4, 0.5) is 0 Å². The summed E-state index contributed by atoms with van der Waals surface area (Å²) in [6, 6.07) is 17.5. The summed E-state index contributed by atoms with van der Waals surface area (Å²) in [4.78, 5) is 0.778. The molecule has 5 heteroatoms. The van der Waals surface area contributed by atoms with Gasteiger partial charge in [0.2, 0.25) is 0 Å². The molecule has 0 spiro atoms. The molecule has 2 atom stereocenters. The molecule has 0 amide bonds. The van der Waals surface area contributed by atoms with Gasteiger partial charge >= 0.3 is 0 Å². The van der Waals surface area contributed by atoms with Crippen LogP contribution in [-0.4, -0.2) is 36.6 Å². The van der Waals surface area contributed by atoms with E-state index < -0.39 is 23.2 Å². The number of benzene rings is 2. The summed E-state index contributed by atoms with van der Waals surface area (Å²) in [5.41, 5.74) is 2.19. The highest BCUT2D eigenvalue weighted by Crippen LogP contribution is 2.15. The SMILES string of the molecule is COC(OC)[C@@H](CS(=O)c1ccc(C)cc1)OCc1ccccc1. The molecule has 0 N–H and O–H groups in total. The first kappa shape index (κ1) is 18.8. The number of rotatable bonds is 9. The molecular formula is C19H24O4S. The van der Waals surface area contributed by atoms with Gasteiger partial charge in [-0.1, -0.05) is 48.0 Å². The highest BCUT2D eigenvalue weighted by atomic mass is 32.2. The van der Waals surface area contributed by atoms with Crippen molar-refractivity contribution in [3.05, 3.63) is 65.7 Å². The summed E-state index contributed by atoms with van der Waals surface area (Å²) in [5, 5.41) is 0. The van der Waals surface area contributed by atoms with Gasteiger partial charge in [-0.3, -0.25) is 4.21 Å². The molecule has 130 valence electrons. The smallest absolute Gasteiger partial charge is 0.183 e. The maximum absolute atomic E-state index is 12.6. The lowest BCUT2D eigenvalue weighted by Gasteiger charge is -2.24. The summed E-state index contributed by atoms with van der Waals surface area (Å²) >= 11 is 0. The minimum absolute atomic E-state index is 0.308. The van der Waals surface area contributed by atoms with Crippen molar-refractivity contribution in [3.63, 3.8) is 0 Å². The fraction of sp³-hybridized carbons (Fsp3) is 0.368. The lowest BCUT2D eigenvalue weighted by molar-refractivity contribution is -0.176. The van der Waals surface area contributed by atoms with Crippen LogP contribution in [0.15, 0.2) is 59.5 Å². The van der Waals surface area contributed by atoms with E-state index in [1.807, 2.05) is 61.5 Å². The number of ether oxygens (including phenoxy) is 3. The van der Waals surface area contributed by atoms with Gasteiger partial charge in [0.15, 0.2) is 6.29 Å². The Kier molecular flexibility index (Phi) is 7.59. The normalized spacial score (nSPS) is 13.8. The van der Waals surface area contributed by atoms with Crippen molar-refractivity contribution in [1.29, 1.82) is 0 Å². The molecule has 0 fully saturated rings. The first-order valence-electron chi connectivity index (χ1n) is 7.80. The molecule has 2 aromatic carbocycles. The topological polar surface area (TPSA) is 44.8 Å². The van der Waals surface area contributed by atoms with E-state index in [1.165, 1.54) is 0 Å². The Hall–Kier alpha value is -1.53. The van der Waals surface area contributed by atoms with Crippen LogP contribution < -0.4 is 0 Å². The molecule has 0 bridgehead atoms. The zero-order valence-electron chi connectivity index (χ0n) is 14.3. The molecular weight excluding hydrogens is 324 g/mol. The Morgan fingerprint density at radius 1 is 0.958 bits per heavy atom. The Morgan fingerprint density at radius 3 is 2.17 bits per heavy atom. The van der Waals surface area contributed by atoms with E-state index in [-0.39, 0.29) is 0 Å². The Bertz CT molecular complexity index is 624. The zero-order valence-corrected chi connectivity index (χ0v) is 15.1. The van der Waals surface area contributed by atoms with Crippen molar-refractivity contribution in [2.24, 2.45) is 0 Å². The Morgan fingerprint density at radius 2 is 1.58 bits per heavy atom. The summed E-state index contributed by atoms with van der Waals surface area (Å²) in [6.07, 6.45) is -0.995. The maximum Gasteiger partial charge on any atom is 0.183 e. The second-order valence-electron chi connectivity index (χ2n) is 5.50. The van der Waals surface area contributed by atoms with Gasteiger partial charge in [-0.25, -0.2) is 0 Å². The number of hydrogen-bond donors (Lipinski definition) is 0. The zero-order chi connectivity index (χ0) is 17.4. The Labute approximate surface area is 146 Å². The monoisotopic (exact) mass is 348 g/mol. The van der Waals surface area contributed by atoms with E-state index in [2.05, 4.69) is 0 Å². The van der Waals surface area contributed by atoms with Gasteiger partial charge in [-0.15, -0.1) is 0 Å². The molecule has 4 nitrogen and oxygen atoms in total. The Balaban J connectivity index is 2.05. The van der Waals surface area contributed by atoms with Crippen LogP contribution >= 0.6 is 0 Å². The summed E-state index contributed by atoms with van der Waals surface area (Å²) in [7, 11) is 1.93. The first-order valence-corrected chi connectivity index (χ1v) is 9.12. The van der Waals surface area contributed by atoms with E-state index >= 15 is 0 Å². The quantitative estimate of drug-likeness (QED) is 0.652. The van der Waals surface area contributed by atoms with E-state index in [0.29, 0.717) is 12.4 Å². The van der Waals surface area contributed by atoms with Gasteiger partial charge in [0.25, 0.3) is 0 Å². The van der Waals surface area contributed by atoms with E-state index in [4.69, 9.17) is 14.2 Å². The second-order valence-corrected chi connectivity index (χ2v) is 7.00. The molecule has 0 aromatic heterocycles. The van der Waals surface area contributed by atoms with Crippen molar-refractivity contribution >= 4 is 10.8 Å². The standard InChI is InChI=1S/C19H24O4S/c1-15-9-11-17(12-10-15)24(20)14-18(19(21-2)22-3)23-13-16-7-5-4-6-8-16/h4-12,18-19H,13-14H2,1-3H3/t18-,24?/m1/s1. The van der Waals surface area contributed by atoms with E-state index in [0.717, 1.165) is 16.0 Å². The molecule has 0 radical (unpaired) electrons. The predicted octanol–water partition coefficient (Wildman–Crippen LogP) is 3.31. The first-order chi connectivity index (χ1) is 11.6. The van der Waals surface area contributed by atoms with Gasteiger partial charge in [0.1, 0.15) is 6.10 Å². The van der Waals surface area contributed by atoms with Gasteiger partial charge < -0.3 is 14.2 Å². The third-order valence-corrected chi connectivity index (χ3v) is 5.10. The molecule has 0 aliphatic carbocycles. The van der Waals surface area contributed by atoms with Crippen LogP contribution in [0.2, 0.25) is 0 Å². The summed E-state index contributed by atoms with van der Waals surface area (Å²) < 4.78 is 29.2. The molecule has 0 heterocycles. The van der Waals surface area contributed by atoms with Crippen LogP contribution in [0.5, 0.6) is 0 Å². The molecule has 0 saturated carbocycles. The van der Waals surface area contributed by atoms with Crippen LogP contribution in [0.25, 0.3) is 0 Å². The van der Waals surface area contributed by atoms with Crippen molar-refractivity contribution in [2.75, 3.05) is 20.0 Å². The molecule has 0 aliphatic heterocycles. The third-order valence-electron chi connectivity index (χ3n) is 3.67. The summed E-state index contributed by atoms with van der Waals surface area (Å²) in [6.45, 7) is 2.42. The second kappa shape index (κ2) is 9.69. The van der Waals surface area contributed by atoms with Crippen molar-refractivity contribution in [3.8, 4) is 0 Å². The minimum Gasteiger partial charge on any atom is -0.367 e. The van der Waals surface area contributed by atoms with Gasteiger partial charge in [0.05, 0.1) is 23.2 Å². The fourth-order valence-corrected chi connectivity index (χ4v) is 3.50. The highest BCUT2D eigenvalue weighted by molar-refractivity contribution is 7.85. The molecule has 2 aromatic rings. The van der Waals surface area contributed by atoms with Crippen molar-refractivity contribution in [1.82, 2.24) is 0 Å². The van der Waals surface area contributed by atoms with Crippen LogP contribution in [0, 0.1) is 6.92 Å². The van der Waals surface area contributed by atoms with E-state index in [9.17, 15) is 4.21 Å². The average molecular weight is 348 g/mol. The van der Waals surface area contributed by atoms with Gasteiger partial charge in [-0.2, -0.15) is 0 Å². The van der Waals surface area contributed by atoms with Crippen LogP contribution in [-0.2, 0) is 31.6 Å². The number of aryl methyl sites for hydroxylation is 1. The van der Waals surface area contributed by atoms with Gasteiger partial charge in [0, 0.05) is 19.1 Å². The highest BCUT2D eigenvalue weighted by Gasteiger charge is 2.25.